The molecule has 0 saturated carbocycles. The summed E-state index contributed by atoms with van der Waals surface area (Å²) < 4.78 is 35.1. The predicted octanol–water partition coefficient (Wildman–Crippen LogP) is 5.18. The maximum Gasteiger partial charge on any atom is 0.264 e. The molecule has 7 nitrogen and oxygen atoms in total. The molecule has 6 rings (SSSR count). The number of benzene rings is 3. The number of sulfonamides is 1. The lowest BCUT2D eigenvalue weighted by Gasteiger charge is -2.23. The molecular weight excluding hydrogens is 506 g/mol. The summed E-state index contributed by atoms with van der Waals surface area (Å²) in [6.07, 6.45) is 2.50. The van der Waals surface area contributed by atoms with E-state index in [4.69, 9.17) is 9.72 Å². The molecule has 1 fully saturated rings. The van der Waals surface area contributed by atoms with Crippen molar-refractivity contribution in [1.29, 1.82) is 0 Å². The summed E-state index contributed by atoms with van der Waals surface area (Å²) in [5.41, 5.74) is 4.14. The summed E-state index contributed by atoms with van der Waals surface area (Å²) in [6.45, 7) is 3.54. The van der Waals surface area contributed by atoms with Gasteiger partial charge in [0.05, 0.1) is 33.4 Å². The van der Waals surface area contributed by atoms with Crippen molar-refractivity contribution in [3.05, 3.63) is 83.4 Å². The third kappa shape index (κ3) is 4.52. The number of para-hydroxylation sites is 1. The number of aryl methyl sites for hydroxylation is 1. The highest BCUT2D eigenvalue weighted by Gasteiger charge is 2.31. The molecule has 2 aliphatic heterocycles. The SMILES string of the molecule is Cc1ccc2nc(N(CC3CCCO3)C(=O)c3ccc(S(=O)(=O)N4CCc5ccccc54)cc3)sc2c1. The molecule has 3 heterocycles. The number of fused-ring (bicyclic) bond motifs is 2. The van der Waals surface area contributed by atoms with Crippen LogP contribution in [-0.2, 0) is 21.2 Å². The molecule has 1 atom stereocenters. The average molecular weight is 534 g/mol. The monoisotopic (exact) mass is 533 g/mol. The lowest BCUT2D eigenvalue weighted by Crippen LogP contribution is -2.37. The number of anilines is 2. The fourth-order valence-electron chi connectivity index (χ4n) is 4.99. The molecule has 9 heteroatoms. The van der Waals surface area contributed by atoms with Gasteiger partial charge in [-0.3, -0.25) is 14.0 Å². The first kappa shape index (κ1) is 24.1. The van der Waals surface area contributed by atoms with Crippen LogP contribution in [-0.4, -0.2) is 45.1 Å². The van der Waals surface area contributed by atoms with E-state index in [9.17, 15) is 13.2 Å². The van der Waals surface area contributed by atoms with Crippen molar-refractivity contribution in [1.82, 2.24) is 4.98 Å². The van der Waals surface area contributed by atoms with Gasteiger partial charge in [0.2, 0.25) is 0 Å². The van der Waals surface area contributed by atoms with Crippen LogP contribution in [0.4, 0.5) is 10.8 Å². The van der Waals surface area contributed by atoms with E-state index in [2.05, 4.69) is 6.07 Å². The number of carbonyl (C=O) groups excluding carboxylic acids is 1. The minimum atomic E-state index is -3.73. The first-order valence-electron chi connectivity index (χ1n) is 12.4. The first-order chi connectivity index (χ1) is 17.9. The Kier molecular flexibility index (Phi) is 6.22. The van der Waals surface area contributed by atoms with Crippen LogP contribution in [0.2, 0.25) is 0 Å². The smallest absolute Gasteiger partial charge is 0.264 e. The molecule has 0 N–H and O–H groups in total. The van der Waals surface area contributed by atoms with Crippen molar-refractivity contribution < 1.29 is 17.9 Å². The van der Waals surface area contributed by atoms with Crippen molar-refractivity contribution in [2.24, 2.45) is 0 Å². The molecule has 1 unspecified atom stereocenters. The Hall–Kier alpha value is -3.27. The Balaban J connectivity index is 1.30. The quantitative estimate of drug-likeness (QED) is 0.341. The van der Waals surface area contributed by atoms with E-state index in [-0.39, 0.29) is 16.9 Å². The Morgan fingerprint density at radius 3 is 2.73 bits per heavy atom. The van der Waals surface area contributed by atoms with E-state index >= 15 is 0 Å². The fraction of sp³-hybridized carbons (Fsp3) is 0.286. The summed E-state index contributed by atoms with van der Waals surface area (Å²) in [5.74, 6) is -0.221. The van der Waals surface area contributed by atoms with Crippen LogP contribution in [0.1, 0.15) is 34.3 Å². The highest BCUT2D eigenvalue weighted by Crippen LogP contribution is 2.34. The summed E-state index contributed by atoms with van der Waals surface area (Å²) in [5, 5.41) is 0.617. The third-order valence-corrected chi connectivity index (χ3v) is 9.82. The Morgan fingerprint density at radius 2 is 1.95 bits per heavy atom. The first-order valence-corrected chi connectivity index (χ1v) is 14.7. The van der Waals surface area contributed by atoms with Crippen molar-refractivity contribution in [3.8, 4) is 0 Å². The molecule has 190 valence electrons. The molecule has 1 aromatic heterocycles. The summed E-state index contributed by atoms with van der Waals surface area (Å²) in [4.78, 5) is 20.3. The number of hydrogen-bond donors (Lipinski definition) is 0. The topological polar surface area (TPSA) is 79.8 Å². The lowest BCUT2D eigenvalue weighted by atomic mass is 10.2. The zero-order valence-corrected chi connectivity index (χ0v) is 22.1. The number of nitrogens with zero attached hydrogens (tertiary/aromatic N) is 3. The van der Waals surface area contributed by atoms with E-state index in [0.29, 0.717) is 36.8 Å². The maximum absolute atomic E-state index is 13.7. The third-order valence-electron chi connectivity index (χ3n) is 6.95. The molecular formula is C28H27N3O4S2. The van der Waals surface area contributed by atoms with E-state index in [0.717, 1.165) is 39.9 Å². The highest BCUT2D eigenvalue weighted by atomic mass is 32.2. The standard InChI is InChI=1S/C28H27N3O4S2/c1-19-8-13-24-26(17-19)36-28(29-24)30(18-22-6-4-16-35-22)27(32)21-9-11-23(12-10-21)37(33,34)31-15-14-20-5-2-3-7-25(20)31/h2-3,5,7-13,17,22H,4,6,14-16,18H2,1H3. The lowest BCUT2D eigenvalue weighted by molar-refractivity contribution is 0.0917. The van der Waals surface area contributed by atoms with Gasteiger partial charge in [-0.25, -0.2) is 13.4 Å². The van der Waals surface area contributed by atoms with Gasteiger partial charge in [-0.05, 0) is 79.8 Å². The Morgan fingerprint density at radius 1 is 1.14 bits per heavy atom. The van der Waals surface area contributed by atoms with Gasteiger partial charge in [0.15, 0.2) is 5.13 Å². The number of aromatic nitrogens is 1. The van der Waals surface area contributed by atoms with Crippen LogP contribution in [0, 0.1) is 6.92 Å². The summed E-state index contributed by atoms with van der Waals surface area (Å²) in [7, 11) is -3.73. The Bertz CT molecular complexity index is 1570. The van der Waals surface area contributed by atoms with Crippen LogP contribution in [0.15, 0.2) is 71.6 Å². The van der Waals surface area contributed by atoms with Gasteiger partial charge in [0.25, 0.3) is 15.9 Å². The summed E-state index contributed by atoms with van der Waals surface area (Å²) >= 11 is 1.48. The van der Waals surface area contributed by atoms with E-state index in [1.54, 1.807) is 17.0 Å². The van der Waals surface area contributed by atoms with Crippen LogP contribution in [0.3, 0.4) is 0 Å². The normalized spacial score (nSPS) is 17.3. The van der Waals surface area contributed by atoms with Gasteiger partial charge < -0.3 is 4.74 Å². The van der Waals surface area contributed by atoms with E-state index in [1.807, 2.05) is 43.3 Å². The largest absolute Gasteiger partial charge is 0.376 e. The molecule has 0 bridgehead atoms. The molecule has 3 aromatic carbocycles. The molecule has 4 aromatic rings. The second kappa shape index (κ2) is 9.55. The van der Waals surface area contributed by atoms with Gasteiger partial charge in [-0.2, -0.15) is 0 Å². The van der Waals surface area contributed by atoms with Gasteiger partial charge in [-0.15, -0.1) is 0 Å². The minimum absolute atomic E-state index is 0.0485. The molecule has 1 saturated heterocycles. The minimum Gasteiger partial charge on any atom is -0.376 e. The number of amides is 1. The number of thiazole rings is 1. The van der Waals surface area contributed by atoms with Crippen LogP contribution >= 0.6 is 11.3 Å². The second-order valence-corrected chi connectivity index (χ2v) is 12.4. The van der Waals surface area contributed by atoms with Gasteiger partial charge in [0, 0.05) is 18.7 Å². The van der Waals surface area contributed by atoms with Crippen LogP contribution < -0.4 is 9.21 Å². The average Bonchev–Trinajstić information content (AvgIpc) is 3.66. The van der Waals surface area contributed by atoms with E-state index in [1.165, 1.54) is 27.8 Å². The highest BCUT2D eigenvalue weighted by molar-refractivity contribution is 7.92. The van der Waals surface area contributed by atoms with Crippen LogP contribution in [0.5, 0.6) is 0 Å². The number of rotatable bonds is 6. The molecule has 0 spiro atoms. The zero-order valence-electron chi connectivity index (χ0n) is 20.5. The number of hydrogen-bond acceptors (Lipinski definition) is 6. The van der Waals surface area contributed by atoms with Crippen molar-refractivity contribution in [3.63, 3.8) is 0 Å². The van der Waals surface area contributed by atoms with Gasteiger partial charge in [0.1, 0.15) is 0 Å². The second-order valence-electron chi connectivity index (χ2n) is 9.50. The molecule has 0 aliphatic carbocycles. The van der Waals surface area contributed by atoms with Gasteiger partial charge in [-0.1, -0.05) is 35.6 Å². The maximum atomic E-state index is 13.7. The number of ether oxygens (including phenoxy) is 1. The van der Waals surface area contributed by atoms with Crippen molar-refractivity contribution >= 4 is 48.3 Å². The predicted molar refractivity (Wildman–Crippen MR) is 146 cm³/mol. The fourth-order valence-corrected chi connectivity index (χ4v) is 7.56. The van der Waals surface area contributed by atoms with Crippen molar-refractivity contribution in [2.45, 2.75) is 37.2 Å². The van der Waals surface area contributed by atoms with Gasteiger partial charge >= 0.3 is 0 Å². The zero-order chi connectivity index (χ0) is 25.6. The molecule has 2 aliphatic rings. The van der Waals surface area contributed by atoms with E-state index < -0.39 is 10.0 Å². The summed E-state index contributed by atoms with van der Waals surface area (Å²) in [6, 6.07) is 19.8. The van der Waals surface area contributed by atoms with Crippen molar-refractivity contribution in [2.75, 3.05) is 28.9 Å². The molecule has 1 amide bonds. The van der Waals surface area contributed by atoms with Crippen LogP contribution in [0.25, 0.3) is 10.2 Å². The number of carbonyl (C=O) groups is 1. The molecule has 37 heavy (non-hydrogen) atoms. The Labute approximate surface area is 220 Å². The molecule has 0 radical (unpaired) electrons.